The molecule has 282 valence electrons. The molecule has 0 N–H and O–H groups in total. The summed E-state index contributed by atoms with van der Waals surface area (Å²) in [7, 11) is 2.11. The van der Waals surface area contributed by atoms with Crippen molar-refractivity contribution in [3.8, 4) is 0 Å². The van der Waals surface area contributed by atoms with Crippen molar-refractivity contribution in [2.75, 3.05) is 9.80 Å². The van der Waals surface area contributed by atoms with Crippen LogP contribution in [0, 0.1) is 0 Å². The van der Waals surface area contributed by atoms with E-state index >= 15 is 0 Å². The van der Waals surface area contributed by atoms with Crippen LogP contribution < -0.4 is 26.3 Å². The minimum absolute atomic E-state index is 0.0269. The lowest BCUT2D eigenvalue weighted by Gasteiger charge is -2.43. The van der Waals surface area contributed by atoms with Crippen LogP contribution in [-0.2, 0) is 7.05 Å². The lowest BCUT2D eigenvalue weighted by atomic mass is 9.35. The molecule has 3 heterocycles. The SMILES string of the molecule is [2H]c1c([2H])c([2H])c2c(c1[2H])B1c3c(cccc3N(c3cccc4c5ccccc5c5ccccc5c34)c3c1n(C)c1ccccc31)N2c1ccc2c3ccccc3c3ccccc3c2c1. The third-order valence-corrected chi connectivity index (χ3v) is 13.6. The van der Waals surface area contributed by atoms with Crippen molar-refractivity contribution in [2.45, 2.75) is 0 Å². The fourth-order valence-electron chi connectivity index (χ4n) is 11.2. The molecule has 0 unspecified atom stereocenters. The number of aromatic nitrogens is 1. The Bertz CT molecular complexity index is 4040. The molecule has 2 aliphatic heterocycles. The van der Waals surface area contributed by atoms with E-state index in [9.17, 15) is 4.11 Å². The number of hydrogen-bond donors (Lipinski definition) is 0. The number of anilines is 6. The second kappa shape index (κ2) is 12.1. The highest BCUT2D eigenvalue weighted by Gasteiger charge is 2.46. The summed E-state index contributed by atoms with van der Waals surface area (Å²) in [6.45, 7) is -0.518. The van der Waals surface area contributed by atoms with Crippen molar-refractivity contribution in [1.29, 1.82) is 0 Å². The van der Waals surface area contributed by atoms with Crippen LogP contribution in [0.15, 0.2) is 200 Å². The molecule has 2 aliphatic rings. The van der Waals surface area contributed by atoms with Gasteiger partial charge in [-0.05, 0) is 113 Å². The van der Waals surface area contributed by atoms with Gasteiger partial charge in [0.2, 0.25) is 0 Å². The predicted octanol–water partition coefficient (Wildman–Crippen LogP) is 13.2. The van der Waals surface area contributed by atoms with Gasteiger partial charge in [-0.1, -0.05) is 158 Å². The van der Waals surface area contributed by atoms with Crippen molar-refractivity contribution in [3.05, 3.63) is 200 Å². The van der Waals surface area contributed by atoms with Crippen LogP contribution in [0.25, 0.3) is 75.5 Å². The van der Waals surface area contributed by atoms with Gasteiger partial charge in [-0.15, -0.1) is 0 Å². The monoisotopic (exact) mass is 777 g/mol. The van der Waals surface area contributed by atoms with Gasteiger partial charge in [0.05, 0.1) is 16.9 Å². The number of para-hydroxylation sites is 2. The van der Waals surface area contributed by atoms with E-state index < -0.39 is 6.71 Å². The molecular formula is C57H36BN3. The second-order valence-electron chi connectivity index (χ2n) is 16.5. The Morgan fingerprint density at radius 1 is 0.410 bits per heavy atom. The molecule has 0 radical (unpaired) electrons. The number of hydrogen-bond acceptors (Lipinski definition) is 2. The van der Waals surface area contributed by atoms with E-state index in [0.29, 0.717) is 11.2 Å². The van der Waals surface area contributed by atoms with Gasteiger partial charge < -0.3 is 14.4 Å². The van der Waals surface area contributed by atoms with Crippen LogP contribution in [0.4, 0.5) is 34.1 Å². The Labute approximate surface area is 358 Å². The first-order valence-electron chi connectivity index (χ1n) is 23.0. The molecule has 0 saturated carbocycles. The molecule has 3 nitrogen and oxygen atoms in total. The van der Waals surface area contributed by atoms with Crippen LogP contribution in [0.1, 0.15) is 5.48 Å². The predicted molar refractivity (Wildman–Crippen MR) is 262 cm³/mol. The van der Waals surface area contributed by atoms with Crippen molar-refractivity contribution in [2.24, 2.45) is 7.05 Å². The van der Waals surface area contributed by atoms with Gasteiger partial charge in [0.15, 0.2) is 0 Å². The maximum atomic E-state index is 9.86. The summed E-state index contributed by atoms with van der Waals surface area (Å²) in [6, 6.07) is 62.1. The smallest absolute Gasteiger partial charge is 0.272 e. The lowest BCUT2D eigenvalue weighted by Crippen LogP contribution is -2.62. The number of fused-ring (bicyclic) bond motifs is 18. The van der Waals surface area contributed by atoms with E-state index in [0.717, 1.165) is 71.9 Å². The first kappa shape index (κ1) is 29.4. The van der Waals surface area contributed by atoms with Crippen molar-refractivity contribution in [3.63, 3.8) is 0 Å². The number of rotatable bonds is 2. The molecule has 12 aromatic rings. The number of benzene rings is 11. The van der Waals surface area contributed by atoms with E-state index in [1.807, 2.05) is 0 Å². The van der Waals surface area contributed by atoms with Crippen LogP contribution in [-0.4, -0.2) is 11.3 Å². The average Bonchev–Trinajstić information content (AvgIpc) is 3.66. The van der Waals surface area contributed by atoms with Gasteiger partial charge in [0.25, 0.3) is 6.71 Å². The largest absolute Gasteiger partial charge is 0.353 e. The quantitative estimate of drug-likeness (QED) is 0.128. The Balaban J connectivity index is 1.14. The third-order valence-electron chi connectivity index (χ3n) is 13.6. The molecule has 0 fully saturated rings. The van der Waals surface area contributed by atoms with Gasteiger partial charge in [0, 0.05) is 51.7 Å². The van der Waals surface area contributed by atoms with E-state index in [2.05, 4.69) is 197 Å². The number of nitrogens with zero attached hydrogens (tertiary/aromatic N) is 3. The zero-order valence-corrected chi connectivity index (χ0v) is 33.2. The van der Waals surface area contributed by atoms with Gasteiger partial charge in [-0.2, -0.15) is 0 Å². The van der Waals surface area contributed by atoms with Crippen LogP contribution in [0.2, 0.25) is 0 Å². The Morgan fingerprint density at radius 2 is 0.885 bits per heavy atom. The van der Waals surface area contributed by atoms with E-state index in [1.165, 1.54) is 43.1 Å². The first-order valence-corrected chi connectivity index (χ1v) is 21.0. The van der Waals surface area contributed by atoms with Crippen LogP contribution in [0.3, 0.4) is 0 Å². The highest BCUT2D eigenvalue weighted by atomic mass is 15.2. The fraction of sp³-hybridized carbons (Fsp3) is 0.0175. The van der Waals surface area contributed by atoms with Gasteiger partial charge in [0.1, 0.15) is 0 Å². The summed E-state index contributed by atoms with van der Waals surface area (Å²) < 4.78 is 40.3. The molecule has 14 rings (SSSR count). The summed E-state index contributed by atoms with van der Waals surface area (Å²) in [4.78, 5) is 4.56. The van der Waals surface area contributed by atoms with Gasteiger partial charge in [-0.25, -0.2) is 0 Å². The topological polar surface area (TPSA) is 11.4 Å². The third kappa shape index (κ3) is 4.28. The highest BCUT2D eigenvalue weighted by molar-refractivity contribution is 7.00. The summed E-state index contributed by atoms with van der Waals surface area (Å²) in [5.74, 6) is 0. The molecular weight excluding hydrogens is 737 g/mol. The zero-order chi connectivity index (χ0) is 43.4. The molecule has 61 heavy (non-hydrogen) atoms. The summed E-state index contributed by atoms with van der Waals surface area (Å²) in [5, 5.41) is 15.0. The maximum absolute atomic E-state index is 9.86. The molecule has 0 atom stereocenters. The summed E-state index contributed by atoms with van der Waals surface area (Å²) in [6.07, 6.45) is 0. The van der Waals surface area contributed by atoms with Crippen LogP contribution >= 0.6 is 0 Å². The lowest BCUT2D eigenvalue weighted by molar-refractivity contribution is 0.997. The average molecular weight is 778 g/mol. The van der Waals surface area contributed by atoms with Gasteiger partial charge >= 0.3 is 0 Å². The fourth-order valence-corrected chi connectivity index (χ4v) is 11.2. The summed E-state index contributed by atoms with van der Waals surface area (Å²) in [5.41, 5.74) is 8.81. The van der Waals surface area contributed by atoms with E-state index in [4.69, 9.17) is 1.37 Å². The second-order valence-corrected chi connectivity index (χ2v) is 16.5. The van der Waals surface area contributed by atoms with Crippen molar-refractivity contribution >= 4 is 133 Å². The molecule has 1 aromatic heterocycles. The number of aryl methyl sites for hydroxylation is 1. The molecule has 11 aromatic carbocycles. The van der Waals surface area contributed by atoms with Gasteiger partial charge in [-0.3, -0.25) is 0 Å². The standard InChI is InChI=1S/C57H36BN3/c1-59-49-27-12-10-24-46(49)56-57(59)58-48-26-11-13-28-50(48)60(35-32-33-43-38-18-3-2-16-36(38)37-17-5-7-22-42(37)47(43)34-35)52-30-15-31-53(55(52)58)61(56)51-29-14-25-45-41-20-6-4-19-39(41)40-21-8-9-23-44(40)54(45)51/h2-34H,1H3/i11D,13D,26D,28D. The Kier molecular flexibility index (Phi) is 5.84. The molecule has 0 saturated heterocycles. The highest BCUT2D eigenvalue weighted by Crippen LogP contribution is 2.50. The minimum atomic E-state index is -0.518. The minimum Gasteiger partial charge on any atom is -0.353 e. The maximum Gasteiger partial charge on any atom is 0.272 e. The molecule has 0 amide bonds. The molecule has 4 heteroatoms. The molecule has 0 aliphatic carbocycles. The van der Waals surface area contributed by atoms with Crippen molar-refractivity contribution < 1.29 is 5.48 Å². The molecule has 0 bridgehead atoms. The zero-order valence-electron chi connectivity index (χ0n) is 37.2. The Morgan fingerprint density at radius 3 is 1.54 bits per heavy atom. The van der Waals surface area contributed by atoms with E-state index in [1.54, 1.807) is 0 Å². The van der Waals surface area contributed by atoms with Crippen molar-refractivity contribution in [1.82, 2.24) is 4.57 Å². The Hall–Kier alpha value is -7.82. The summed E-state index contributed by atoms with van der Waals surface area (Å²) >= 11 is 0. The van der Waals surface area contributed by atoms with Crippen LogP contribution in [0.5, 0.6) is 0 Å². The van der Waals surface area contributed by atoms with E-state index in [-0.39, 0.29) is 24.2 Å². The normalized spacial score (nSPS) is 14.1. The first-order chi connectivity index (χ1) is 31.9. The molecule has 0 spiro atoms.